The summed E-state index contributed by atoms with van der Waals surface area (Å²) >= 11 is 0. The number of carbonyl (C=O) groups is 1. The van der Waals surface area contributed by atoms with Gasteiger partial charge in [0.05, 0.1) is 12.6 Å². The Bertz CT molecular complexity index is 828. The van der Waals surface area contributed by atoms with E-state index in [4.69, 9.17) is 10.5 Å². The van der Waals surface area contributed by atoms with Crippen LogP contribution in [0.15, 0.2) is 54.6 Å². The number of para-hydroxylation sites is 1. The van der Waals surface area contributed by atoms with E-state index in [9.17, 15) is 4.79 Å². The Morgan fingerprint density at radius 1 is 1.09 bits per heavy atom. The van der Waals surface area contributed by atoms with E-state index in [1.165, 1.54) is 0 Å². The van der Waals surface area contributed by atoms with Crippen molar-refractivity contribution in [2.24, 2.45) is 0 Å². The number of methoxy groups -OCH3 is 1. The molecular weight excluding hydrogens is 288 g/mol. The van der Waals surface area contributed by atoms with Gasteiger partial charge in [0.15, 0.2) is 5.78 Å². The number of ketones is 1. The van der Waals surface area contributed by atoms with Gasteiger partial charge in [-0.15, -0.1) is 0 Å². The van der Waals surface area contributed by atoms with Gasteiger partial charge in [-0.25, -0.2) is 0 Å². The number of carbonyl (C=O) groups excluding carboxylic acids is 1. The van der Waals surface area contributed by atoms with Crippen LogP contribution >= 0.6 is 0 Å². The van der Waals surface area contributed by atoms with Crippen LogP contribution in [0.1, 0.15) is 23.0 Å². The van der Waals surface area contributed by atoms with Crippen molar-refractivity contribution in [2.45, 2.75) is 13.8 Å². The topological polar surface area (TPSA) is 65.2 Å². The van der Waals surface area contributed by atoms with Crippen molar-refractivity contribution < 1.29 is 9.53 Å². The Hall–Kier alpha value is -2.88. The number of Topliss-reactive ketones (excluding diaryl/α,β-unsaturated/α-hetero) is 1. The van der Waals surface area contributed by atoms with Gasteiger partial charge in [-0.1, -0.05) is 24.3 Å². The number of nitrogens with zero attached hydrogens (tertiary/aromatic N) is 1. The van der Waals surface area contributed by atoms with Crippen molar-refractivity contribution in [1.82, 2.24) is 4.98 Å². The monoisotopic (exact) mass is 308 g/mol. The van der Waals surface area contributed by atoms with Crippen LogP contribution in [-0.2, 0) is 0 Å². The average Bonchev–Trinajstić information content (AvgIpc) is 2.54. The summed E-state index contributed by atoms with van der Waals surface area (Å²) in [5.74, 6) is 0.871. The van der Waals surface area contributed by atoms with E-state index in [2.05, 4.69) is 4.98 Å². The minimum absolute atomic E-state index is 0.0701. The van der Waals surface area contributed by atoms with Crippen molar-refractivity contribution in [2.75, 3.05) is 12.8 Å². The highest BCUT2D eigenvalue weighted by Gasteiger charge is 2.06. The predicted molar refractivity (Wildman–Crippen MR) is 93.9 cm³/mol. The highest BCUT2D eigenvalue weighted by molar-refractivity contribution is 5.98. The number of hydrogen-bond donors (Lipinski definition) is 1. The van der Waals surface area contributed by atoms with Crippen LogP contribution in [0.2, 0.25) is 0 Å². The number of fused-ring (bicyclic) bond motifs is 1. The lowest BCUT2D eigenvalue weighted by Gasteiger charge is -2.03. The number of anilines is 1. The van der Waals surface area contributed by atoms with Crippen molar-refractivity contribution in [3.8, 4) is 5.75 Å². The maximum atomic E-state index is 11.3. The minimum atomic E-state index is 0.0701. The van der Waals surface area contributed by atoms with Crippen molar-refractivity contribution in [1.29, 1.82) is 0 Å². The number of nitrogens with two attached hydrogens (primary N) is 1. The molecule has 2 aromatic carbocycles. The number of rotatable bonds is 2. The van der Waals surface area contributed by atoms with E-state index in [1.807, 2.05) is 55.5 Å². The molecule has 2 N–H and O–H groups in total. The molecule has 0 aliphatic rings. The number of aryl methyl sites for hydroxylation is 1. The number of nitrogen functional groups attached to an aromatic ring is 1. The molecule has 4 nitrogen and oxygen atoms in total. The lowest BCUT2D eigenvalue weighted by molar-refractivity contribution is 0.101. The molecule has 0 atom stereocenters. The molecule has 0 amide bonds. The first-order chi connectivity index (χ1) is 11.0. The van der Waals surface area contributed by atoms with Gasteiger partial charge in [0.2, 0.25) is 0 Å². The molecular formula is C19H20N2O2. The highest BCUT2D eigenvalue weighted by atomic mass is 16.5. The molecule has 118 valence electrons. The van der Waals surface area contributed by atoms with E-state index in [1.54, 1.807) is 20.1 Å². The van der Waals surface area contributed by atoms with Gasteiger partial charge in [0.25, 0.3) is 0 Å². The molecule has 0 spiro atoms. The number of pyridine rings is 1. The maximum Gasteiger partial charge on any atom is 0.161 e. The van der Waals surface area contributed by atoms with Crippen LogP contribution in [0.3, 0.4) is 0 Å². The molecule has 3 aromatic rings. The summed E-state index contributed by atoms with van der Waals surface area (Å²) in [6.45, 7) is 3.43. The zero-order chi connectivity index (χ0) is 16.8. The Labute approximate surface area is 135 Å². The molecule has 0 fully saturated rings. The van der Waals surface area contributed by atoms with Gasteiger partial charge in [-0.05, 0) is 38.1 Å². The van der Waals surface area contributed by atoms with Crippen LogP contribution in [-0.4, -0.2) is 17.9 Å². The Kier molecular flexibility index (Phi) is 5.31. The average molecular weight is 308 g/mol. The molecule has 0 saturated heterocycles. The summed E-state index contributed by atoms with van der Waals surface area (Å²) in [5.41, 5.74) is 8.64. The zero-order valence-electron chi connectivity index (χ0n) is 13.5. The van der Waals surface area contributed by atoms with E-state index in [0.29, 0.717) is 5.56 Å². The third kappa shape index (κ3) is 4.30. The van der Waals surface area contributed by atoms with Crippen LogP contribution in [0, 0.1) is 6.92 Å². The second-order valence-electron chi connectivity index (χ2n) is 5.15. The van der Waals surface area contributed by atoms with Crippen LogP contribution in [0.5, 0.6) is 5.75 Å². The largest absolute Gasteiger partial charge is 0.497 e. The van der Waals surface area contributed by atoms with E-state index >= 15 is 0 Å². The fourth-order valence-electron chi connectivity index (χ4n) is 2.21. The van der Waals surface area contributed by atoms with Gasteiger partial charge >= 0.3 is 0 Å². The molecule has 0 unspecified atom stereocenters. The first kappa shape index (κ1) is 16.5. The lowest BCUT2D eigenvalue weighted by Crippen LogP contribution is -1.98. The first-order valence-electron chi connectivity index (χ1n) is 7.28. The zero-order valence-corrected chi connectivity index (χ0v) is 13.5. The van der Waals surface area contributed by atoms with Gasteiger partial charge in [0, 0.05) is 28.4 Å². The van der Waals surface area contributed by atoms with Crippen molar-refractivity contribution >= 4 is 22.4 Å². The molecule has 0 saturated carbocycles. The maximum absolute atomic E-state index is 11.3. The van der Waals surface area contributed by atoms with E-state index in [-0.39, 0.29) is 5.78 Å². The summed E-state index contributed by atoms with van der Waals surface area (Å²) in [6.07, 6.45) is 0. The Morgan fingerprint density at radius 3 is 2.43 bits per heavy atom. The van der Waals surface area contributed by atoms with Crippen molar-refractivity contribution in [3.63, 3.8) is 0 Å². The number of ether oxygens (including phenoxy) is 1. The Balaban J connectivity index is 0.000000185. The normalized spacial score (nSPS) is 9.87. The van der Waals surface area contributed by atoms with Gasteiger partial charge < -0.3 is 10.5 Å². The highest BCUT2D eigenvalue weighted by Crippen LogP contribution is 2.16. The summed E-state index contributed by atoms with van der Waals surface area (Å²) in [4.78, 5) is 15.6. The smallest absolute Gasteiger partial charge is 0.161 e. The number of hydrogen-bond acceptors (Lipinski definition) is 4. The minimum Gasteiger partial charge on any atom is -0.497 e. The molecule has 1 heterocycles. The quantitative estimate of drug-likeness (QED) is 0.573. The standard InChI is InChI=1S/C12H11NO.C7H9NO/c1-8-11(9(2)14)7-10-5-3-4-6-12(10)13-8;1-9-7-4-2-3-6(8)5-7/h3-7H,1-2H3;2-5H,8H2,1H3. The molecule has 0 aliphatic carbocycles. The molecule has 1 aromatic heterocycles. The third-order valence-electron chi connectivity index (χ3n) is 3.39. The molecule has 23 heavy (non-hydrogen) atoms. The van der Waals surface area contributed by atoms with Gasteiger partial charge in [-0.3, -0.25) is 9.78 Å². The third-order valence-corrected chi connectivity index (χ3v) is 3.39. The second-order valence-corrected chi connectivity index (χ2v) is 5.15. The molecule has 0 aliphatic heterocycles. The van der Waals surface area contributed by atoms with E-state index in [0.717, 1.165) is 28.0 Å². The van der Waals surface area contributed by atoms with Gasteiger partial charge in [-0.2, -0.15) is 0 Å². The summed E-state index contributed by atoms with van der Waals surface area (Å²) in [5, 5.41) is 1.02. The van der Waals surface area contributed by atoms with Crippen LogP contribution in [0.25, 0.3) is 10.9 Å². The summed E-state index contributed by atoms with van der Waals surface area (Å²) in [6, 6.07) is 17.0. The fraction of sp³-hybridized carbons (Fsp3) is 0.158. The molecule has 0 bridgehead atoms. The van der Waals surface area contributed by atoms with E-state index < -0.39 is 0 Å². The molecule has 0 radical (unpaired) electrons. The molecule has 4 heteroatoms. The second kappa shape index (κ2) is 7.40. The van der Waals surface area contributed by atoms with Crippen LogP contribution < -0.4 is 10.5 Å². The first-order valence-corrected chi connectivity index (χ1v) is 7.28. The molecule has 3 rings (SSSR count). The van der Waals surface area contributed by atoms with Gasteiger partial charge in [0.1, 0.15) is 5.75 Å². The van der Waals surface area contributed by atoms with Crippen LogP contribution in [0.4, 0.5) is 5.69 Å². The lowest BCUT2D eigenvalue weighted by atomic mass is 10.1. The number of aromatic nitrogens is 1. The van der Waals surface area contributed by atoms with Crippen molar-refractivity contribution in [3.05, 3.63) is 65.9 Å². The SMILES string of the molecule is CC(=O)c1cc2ccccc2nc1C.COc1cccc(N)c1. The fourth-order valence-corrected chi connectivity index (χ4v) is 2.21. The summed E-state index contributed by atoms with van der Waals surface area (Å²) < 4.78 is 4.92. The number of benzene rings is 2. The predicted octanol–water partition coefficient (Wildman–Crippen LogP) is 4.02. The summed E-state index contributed by atoms with van der Waals surface area (Å²) in [7, 11) is 1.62. The Morgan fingerprint density at radius 2 is 1.83 bits per heavy atom.